The molecule has 0 radical (unpaired) electrons. The molecular weight excluding hydrogens is 779 g/mol. The number of aryl methyl sites for hydroxylation is 1. The van der Waals surface area contributed by atoms with Crippen molar-refractivity contribution in [2.45, 2.75) is 78.6 Å². The molecule has 0 aliphatic heterocycles. The van der Waals surface area contributed by atoms with Gasteiger partial charge in [0.25, 0.3) is 0 Å². The summed E-state index contributed by atoms with van der Waals surface area (Å²) < 4.78 is 169. The molecular formula is C60H57N3O. The third kappa shape index (κ3) is 8.17. The van der Waals surface area contributed by atoms with Gasteiger partial charge in [-0.1, -0.05) is 170 Å². The molecule has 0 aliphatic rings. The van der Waals surface area contributed by atoms with E-state index in [0.29, 0.717) is 39.6 Å². The highest BCUT2D eigenvalue weighted by Crippen LogP contribution is 2.45. The van der Waals surface area contributed by atoms with E-state index in [-0.39, 0.29) is 22.8 Å². The smallest absolute Gasteiger partial charge is 0.149 e. The Labute approximate surface area is 405 Å². The van der Waals surface area contributed by atoms with Crippen LogP contribution < -0.4 is 0 Å². The van der Waals surface area contributed by atoms with Crippen LogP contribution in [0.25, 0.3) is 83.9 Å². The summed E-state index contributed by atoms with van der Waals surface area (Å²) in [7, 11) is 0. The Kier molecular flexibility index (Phi) is 6.56. The van der Waals surface area contributed by atoms with Crippen molar-refractivity contribution in [3.8, 4) is 78.6 Å². The van der Waals surface area contributed by atoms with Crippen molar-refractivity contribution in [2.75, 3.05) is 0 Å². The van der Waals surface area contributed by atoms with Crippen molar-refractivity contribution in [1.82, 2.24) is 14.5 Å². The molecule has 7 aromatic carbocycles. The average Bonchev–Trinajstić information content (AvgIpc) is 1.45. The lowest BCUT2D eigenvalue weighted by atomic mass is 9.79. The molecule has 0 amide bonds. The number of aromatic hydroxyl groups is 1. The van der Waals surface area contributed by atoms with Crippen molar-refractivity contribution in [3.05, 3.63) is 192 Å². The van der Waals surface area contributed by atoms with E-state index in [2.05, 4.69) is 0 Å². The number of phenolic OH excluding ortho intramolecular Hbond substituents is 1. The van der Waals surface area contributed by atoms with E-state index >= 15 is 0 Å². The second-order valence-corrected chi connectivity index (χ2v) is 16.4. The quantitative estimate of drug-likeness (QED) is 0.166. The number of nitrogens with zero attached hydrogens (tertiary/aromatic N) is 3. The summed E-state index contributed by atoms with van der Waals surface area (Å²) in [5.74, 6) is -3.21. The second-order valence-electron chi connectivity index (χ2n) is 16.4. The van der Waals surface area contributed by atoms with Gasteiger partial charge in [0.1, 0.15) is 11.6 Å². The van der Waals surface area contributed by atoms with Crippen LogP contribution in [0.5, 0.6) is 5.75 Å². The number of pyridine rings is 1. The molecule has 2 heterocycles. The van der Waals surface area contributed by atoms with Crippen LogP contribution in [0.15, 0.2) is 170 Å². The van der Waals surface area contributed by atoms with Gasteiger partial charge in [0, 0.05) is 54.6 Å². The third-order valence-electron chi connectivity index (χ3n) is 11.5. The van der Waals surface area contributed by atoms with Gasteiger partial charge in [0.15, 0.2) is 0 Å². The van der Waals surface area contributed by atoms with Gasteiger partial charge in [-0.3, -0.25) is 9.55 Å². The Morgan fingerprint density at radius 1 is 0.562 bits per heavy atom. The summed E-state index contributed by atoms with van der Waals surface area (Å²) in [5, 5.41) is 13.0. The molecule has 0 fully saturated rings. The zero-order chi connectivity index (χ0) is 60.8. The van der Waals surface area contributed by atoms with E-state index in [1.807, 2.05) is 122 Å². The van der Waals surface area contributed by atoms with E-state index in [9.17, 15) is 6.48 Å². The number of aromatic nitrogens is 3. The molecule has 318 valence electrons. The lowest BCUT2D eigenvalue weighted by molar-refractivity contribution is 0.446. The molecule has 0 bridgehead atoms. The predicted molar refractivity (Wildman–Crippen MR) is 269 cm³/mol. The van der Waals surface area contributed by atoms with Gasteiger partial charge in [-0.25, -0.2) is 4.98 Å². The minimum absolute atomic E-state index is 0.132. The summed E-state index contributed by atoms with van der Waals surface area (Å²) in [6.07, 6.45) is 1.71. The average molecular weight is 855 g/mol. The number of benzene rings is 7. The molecule has 0 unspecified atom stereocenters. The summed E-state index contributed by atoms with van der Waals surface area (Å²) in [5.41, 5.74) is -2.66. The normalized spacial score (nSPS) is 17.8. The molecule has 0 saturated heterocycles. The zero-order valence-electron chi connectivity index (χ0n) is 54.5. The van der Waals surface area contributed by atoms with E-state index < -0.39 is 86.1 Å². The molecule has 9 rings (SSSR count). The number of phenols is 1. The topological polar surface area (TPSA) is 50.9 Å². The second kappa shape index (κ2) is 16.6. The van der Waals surface area contributed by atoms with Crippen LogP contribution >= 0.6 is 0 Å². The van der Waals surface area contributed by atoms with E-state index in [1.54, 1.807) is 56.4 Å². The Morgan fingerprint density at radius 3 is 1.94 bits per heavy atom. The fraction of sp³-hybridized carbons (Fsp3) is 0.200. The molecule has 1 N–H and O–H groups in total. The van der Waals surface area contributed by atoms with E-state index in [1.165, 1.54) is 4.57 Å². The SMILES string of the molecule is [2H]C(C)(C)c1cc(-n2c(-c3cc(C(C([2H])([2H])[2H])(C([2H])([2H])[2H])C([2H])([2H])[2H])cc(C(C([2H])([2H])[2H])(C([2H])([2H])[2H])C([2H])([2H])[2H])c3O)nc3c(-c4cc(-c5ccccc5)cc(-c5cc(-c6ccc(C)cc6)ccn5)c4)cccc32)ccc1-c1ccccc1. The number of fused-ring (bicyclic) bond motifs is 1. The van der Waals surface area contributed by atoms with Gasteiger partial charge in [-0.15, -0.1) is 0 Å². The maximum Gasteiger partial charge on any atom is 0.149 e. The highest BCUT2D eigenvalue weighted by Gasteiger charge is 2.29. The van der Waals surface area contributed by atoms with Crippen LogP contribution in [0, 0.1) is 6.92 Å². The first-order chi connectivity index (χ1) is 38.4. The molecule has 2 aromatic heterocycles. The summed E-state index contributed by atoms with van der Waals surface area (Å²) >= 11 is 0. The predicted octanol–water partition coefficient (Wildman–Crippen LogP) is 16.2. The van der Waals surface area contributed by atoms with Crippen LogP contribution in [0.4, 0.5) is 0 Å². The summed E-state index contributed by atoms with van der Waals surface area (Å²) in [6, 6.07) is 47.5. The van der Waals surface area contributed by atoms with Crippen LogP contribution in [0.3, 0.4) is 0 Å². The van der Waals surface area contributed by atoms with Gasteiger partial charge >= 0.3 is 0 Å². The minimum Gasteiger partial charge on any atom is -0.507 e. The van der Waals surface area contributed by atoms with Crippen molar-refractivity contribution in [1.29, 1.82) is 0 Å². The van der Waals surface area contributed by atoms with Gasteiger partial charge in [-0.05, 0) is 128 Å². The number of rotatable bonds is 8. The van der Waals surface area contributed by atoms with Crippen molar-refractivity contribution >= 4 is 11.0 Å². The highest BCUT2D eigenvalue weighted by molar-refractivity contribution is 5.98. The number of hydrogen-bond donors (Lipinski definition) is 1. The zero-order valence-corrected chi connectivity index (χ0v) is 35.5. The molecule has 9 aromatic rings. The molecule has 0 spiro atoms. The van der Waals surface area contributed by atoms with Gasteiger partial charge in [0.05, 0.1) is 22.3 Å². The fourth-order valence-electron chi connectivity index (χ4n) is 8.28. The van der Waals surface area contributed by atoms with Crippen LogP contribution in [0.2, 0.25) is 0 Å². The first kappa shape index (κ1) is 25.3. The molecule has 0 atom stereocenters. The Hall–Kier alpha value is -7.04. The third-order valence-corrected chi connectivity index (χ3v) is 11.5. The van der Waals surface area contributed by atoms with Gasteiger partial charge in [-0.2, -0.15) is 0 Å². The minimum atomic E-state index is -4.16. The Morgan fingerprint density at radius 2 is 1.23 bits per heavy atom. The molecule has 64 heavy (non-hydrogen) atoms. The first-order valence-corrected chi connectivity index (χ1v) is 20.8. The lowest BCUT2D eigenvalue weighted by Gasteiger charge is -2.27. The standard InChI is InChI=1S/C60H57N3O/c1-38(2)51-37-48(27-28-49(51)42-19-14-11-15-20-42)63-55-22-16-21-50(56(55)62-58(63)52-35-47(59(4,5)6)36-53(57(52)64)60(7,8)9)45-31-44(40-17-12-10-13-18-40)32-46(33-45)54-34-43(29-30-61-54)41-25-23-39(3)24-26-41/h10-38,64H,1-9H3/i4D3,5D3,6D3,7D3,8D3,9D3,38D. The van der Waals surface area contributed by atoms with Crippen LogP contribution in [0.1, 0.15) is 109 Å². The molecule has 4 heteroatoms. The van der Waals surface area contributed by atoms with Crippen LogP contribution in [-0.4, -0.2) is 19.6 Å². The van der Waals surface area contributed by atoms with Gasteiger partial charge in [0.2, 0.25) is 0 Å². The number of hydrogen-bond acceptors (Lipinski definition) is 3. The number of para-hydroxylation sites is 1. The van der Waals surface area contributed by atoms with Gasteiger partial charge < -0.3 is 5.11 Å². The maximum atomic E-state index is 13.0. The summed E-state index contributed by atoms with van der Waals surface area (Å²) in [6.45, 7) is -19.3. The monoisotopic (exact) mass is 855 g/mol. The Bertz CT molecular complexity index is 3810. The van der Waals surface area contributed by atoms with E-state index in [4.69, 9.17) is 34.6 Å². The lowest BCUT2D eigenvalue weighted by Crippen LogP contribution is -2.17. The molecule has 0 aliphatic carbocycles. The first-order valence-electron chi connectivity index (χ1n) is 30.3. The van der Waals surface area contributed by atoms with Crippen molar-refractivity contribution in [3.63, 3.8) is 0 Å². The van der Waals surface area contributed by atoms with Crippen molar-refractivity contribution < 1.29 is 31.2 Å². The molecule has 0 saturated carbocycles. The molecule has 4 nitrogen and oxygen atoms in total. The Balaban J connectivity index is 1.48. The maximum absolute atomic E-state index is 13.0. The summed E-state index contributed by atoms with van der Waals surface area (Å²) in [4.78, 5) is 9.96. The largest absolute Gasteiger partial charge is 0.507 e. The van der Waals surface area contributed by atoms with Crippen LogP contribution in [-0.2, 0) is 10.8 Å². The highest BCUT2D eigenvalue weighted by atomic mass is 16.3. The fourth-order valence-corrected chi connectivity index (χ4v) is 8.28. The van der Waals surface area contributed by atoms with Crippen molar-refractivity contribution in [2.24, 2.45) is 0 Å². The van der Waals surface area contributed by atoms with E-state index in [0.717, 1.165) is 33.4 Å². The number of imidazole rings is 1.